The first-order chi connectivity index (χ1) is 17.0. The number of esters is 2. The van der Waals surface area contributed by atoms with Crippen molar-refractivity contribution in [1.29, 1.82) is 0 Å². The van der Waals surface area contributed by atoms with E-state index in [1.165, 1.54) is 10.8 Å². The van der Waals surface area contributed by atoms with Crippen LogP contribution in [0.3, 0.4) is 0 Å². The highest BCUT2D eigenvalue weighted by atomic mass is 33.1. The lowest BCUT2D eigenvalue weighted by atomic mass is 9.90. The van der Waals surface area contributed by atoms with Crippen LogP contribution in [-0.2, 0) is 37.0 Å². The summed E-state index contributed by atoms with van der Waals surface area (Å²) in [5.41, 5.74) is 0.719. The molecule has 8 heteroatoms. The lowest BCUT2D eigenvalue weighted by Crippen LogP contribution is -2.48. The molecule has 0 bridgehead atoms. The number of ether oxygens (including phenoxy) is 3. The fourth-order valence-corrected chi connectivity index (χ4v) is 4.54. The van der Waals surface area contributed by atoms with E-state index in [4.69, 9.17) is 27.1 Å². The summed E-state index contributed by atoms with van der Waals surface area (Å²) in [5, 5.41) is 10.2. The summed E-state index contributed by atoms with van der Waals surface area (Å²) >= 11 is 0. The fraction of sp³-hybridized carbons (Fsp3) is 0.333. The molecule has 0 saturated heterocycles. The number of hydrogen-bond acceptors (Lipinski definition) is 8. The third-order valence-electron chi connectivity index (χ3n) is 4.88. The van der Waals surface area contributed by atoms with Gasteiger partial charge in [-0.25, -0.2) is 0 Å². The zero-order valence-electron chi connectivity index (χ0n) is 19.5. The second kappa shape index (κ2) is 15.2. The van der Waals surface area contributed by atoms with Crippen LogP contribution in [0.5, 0.6) is 0 Å². The van der Waals surface area contributed by atoms with Crippen LogP contribution in [0, 0.1) is 30.1 Å². The molecule has 0 unspecified atom stereocenters. The predicted octanol–water partition coefficient (Wildman–Crippen LogP) is 4.18. The Kier molecular flexibility index (Phi) is 12.3. The number of benzene rings is 2. The fourth-order valence-electron chi connectivity index (χ4n) is 2.77. The number of aliphatic hydroxyl groups is 1. The molecule has 1 N–H and O–H groups in total. The molecule has 0 atom stereocenters. The maximum atomic E-state index is 13.1. The normalized spacial score (nSPS) is 10.7. The van der Waals surface area contributed by atoms with E-state index in [2.05, 4.69) is 18.8 Å². The second-order valence-corrected chi connectivity index (χ2v) is 10.0. The Morgan fingerprint density at radius 1 is 0.886 bits per heavy atom. The van der Waals surface area contributed by atoms with Gasteiger partial charge in [0, 0.05) is 16.9 Å². The summed E-state index contributed by atoms with van der Waals surface area (Å²) in [4.78, 5) is 26.1. The van der Waals surface area contributed by atoms with E-state index in [-0.39, 0.29) is 25.8 Å². The Balaban J connectivity index is 2.09. The molecule has 0 aliphatic carbocycles. The zero-order chi connectivity index (χ0) is 25.5. The highest BCUT2D eigenvalue weighted by Crippen LogP contribution is 2.27. The largest absolute Gasteiger partial charge is 0.460 e. The topological polar surface area (TPSA) is 82.1 Å². The lowest BCUT2D eigenvalue weighted by molar-refractivity contribution is -0.182. The lowest BCUT2D eigenvalue weighted by Gasteiger charge is -2.27. The van der Waals surface area contributed by atoms with Crippen molar-refractivity contribution in [1.82, 2.24) is 0 Å². The highest BCUT2D eigenvalue weighted by Gasteiger charge is 2.49. The number of carbonyl (C=O) groups is 2. The van der Waals surface area contributed by atoms with Gasteiger partial charge in [0.25, 0.3) is 0 Å². The highest BCUT2D eigenvalue weighted by molar-refractivity contribution is 8.76. The van der Waals surface area contributed by atoms with Crippen LogP contribution >= 0.6 is 21.6 Å². The average molecular weight is 513 g/mol. The maximum Gasteiger partial charge on any atom is 0.328 e. The van der Waals surface area contributed by atoms with Gasteiger partial charge >= 0.3 is 11.9 Å². The molecular formula is C27H28O6S2. The molecule has 0 saturated carbocycles. The van der Waals surface area contributed by atoms with Crippen molar-refractivity contribution in [2.24, 2.45) is 5.41 Å². The number of terminal acetylenes is 2. The van der Waals surface area contributed by atoms with Crippen molar-refractivity contribution in [2.75, 3.05) is 24.9 Å². The molecule has 6 nitrogen and oxygen atoms in total. The molecule has 35 heavy (non-hydrogen) atoms. The minimum Gasteiger partial charge on any atom is -0.460 e. The standard InChI is InChI=1S/C27H28O6S2/c1-4-15-34-35-20-31-19-27(18-28,25(29)32-16-23-11-7-21(5-2)8-12-23)26(30)33-17-24-13-9-22(6-3)10-14-24/h2-3,7-14,28H,4,15-20H2,1H3. The van der Waals surface area contributed by atoms with Crippen LogP contribution < -0.4 is 0 Å². The van der Waals surface area contributed by atoms with E-state index in [1.54, 1.807) is 59.3 Å². The first kappa shape index (κ1) is 28.4. The molecule has 0 aliphatic rings. The molecule has 0 aromatic heterocycles. The number of hydrogen-bond donors (Lipinski definition) is 1. The molecule has 0 heterocycles. The Morgan fingerprint density at radius 2 is 1.37 bits per heavy atom. The first-order valence-electron chi connectivity index (χ1n) is 10.9. The van der Waals surface area contributed by atoms with Crippen molar-refractivity contribution >= 4 is 33.5 Å². The number of rotatable bonds is 14. The maximum absolute atomic E-state index is 13.1. The van der Waals surface area contributed by atoms with Crippen LogP contribution in [0.2, 0.25) is 0 Å². The van der Waals surface area contributed by atoms with Gasteiger partial charge in [-0.1, -0.05) is 64.6 Å². The Morgan fingerprint density at radius 3 is 1.77 bits per heavy atom. The van der Waals surface area contributed by atoms with Gasteiger partial charge in [0.1, 0.15) is 19.2 Å². The van der Waals surface area contributed by atoms with Gasteiger partial charge < -0.3 is 19.3 Å². The van der Waals surface area contributed by atoms with Crippen molar-refractivity contribution in [2.45, 2.75) is 26.6 Å². The second-order valence-electron chi connectivity index (χ2n) is 7.48. The van der Waals surface area contributed by atoms with Crippen LogP contribution in [0.1, 0.15) is 35.6 Å². The van der Waals surface area contributed by atoms with Crippen molar-refractivity contribution in [3.8, 4) is 24.7 Å². The van der Waals surface area contributed by atoms with Crippen LogP contribution in [-0.4, -0.2) is 42.0 Å². The smallest absolute Gasteiger partial charge is 0.328 e. The molecule has 0 amide bonds. The molecule has 0 spiro atoms. The van der Waals surface area contributed by atoms with Gasteiger partial charge in [0.15, 0.2) is 0 Å². The van der Waals surface area contributed by atoms with E-state index in [0.29, 0.717) is 22.3 Å². The number of carbonyl (C=O) groups excluding carboxylic acids is 2. The Labute approximate surface area is 214 Å². The van der Waals surface area contributed by atoms with Crippen molar-refractivity contribution < 1.29 is 28.9 Å². The Hall–Kier alpha value is -2.88. The SMILES string of the molecule is C#Cc1ccc(COC(=O)C(CO)(COCSSCCC)C(=O)OCc2ccc(C#C)cc2)cc1. The zero-order valence-corrected chi connectivity index (χ0v) is 21.2. The third-order valence-corrected chi connectivity index (χ3v) is 7.18. The van der Waals surface area contributed by atoms with Gasteiger partial charge in [-0.15, -0.1) is 12.8 Å². The average Bonchev–Trinajstić information content (AvgIpc) is 2.90. The summed E-state index contributed by atoms with van der Waals surface area (Å²) in [6, 6.07) is 13.8. The van der Waals surface area contributed by atoms with Gasteiger partial charge in [0.2, 0.25) is 5.41 Å². The molecule has 184 valence electrons. The first-order valence-corrected chi connectivity index (χ1v) is 13.4. The molecule has 0 aliphatic heterocycles. The molecular weight excluding hydrogens is 484 g/mol. The van der Waals surface area contributed by atoms with Gasteiger partial charge in [-0.3, -0.25) is 9.59 Å². The monoisotopic (exact) mass is 512 g/mol. The predicted molar refractivity (Wildman–Crippen MR) is 139 cm³/mol. The van der Waals surface area contributed by atoms with E-state index >= 15 is 0 Å². The minimum absolute atomic E-state index is 0.104. The summed E-state index contributed by atoms with van der Waals surface area (Å²) in [6.07, 6.45) is 11.7. The molecule has 2 aromatic carbocycles. The Bertz CT molecular complexity index is 962. The summed E-state index contributed by atoms with van der Waals surface area (Å²) < 4.78 is 16.4. The van der Waals surface area contributed by atoms with Gasteiger partial charge in [-0.05, 0) is 41.8 Å². The van der Waals surface area contributed by atoms with E-state index < -0.39 is 24.0 Å². The van der Waals surface area contributed by atoms with Crippen LogP contribution in [0.25, 0.3) is 0 Å². The third kappa shape index (κ3) is 8.69. The minimum atomic E-state index is -2.02. The van der Waals surface area contributed by atoms with E-state index in [1.807, 2.05) is 0 Å². The van der Waals surface area contributed by atoms with E-state index in [9.17, 15) is 14.7 Å². The summed E-state index contributed by atoms with van der Waals surface area (Å²) in [6.45, 7) is 0.647. The van der Waals surface area contributed by atoms with Gasteiger partial charge in [0.05, 0.1) is 13.2 Å². The molecule has 2 aromatic rings. The van der Waals surface area contributed by atoms with Crippen LogP contribution in [0.4, 0.5) is 0 Å². The molecule has 2 rings (SSSR count). The molecule has 0 fully saturated rings. The molecule has 0 radical (unpaired) electrons. The van der Waals surface area contributed by atoms with Gasteiger partial charge in [-0.2, -0.15) is 0 Å². The summed E-state index contributed by atoms with van der Waals surface area (Å²) in [5.74, 6) is 4.33. The number of aliphatic hydroxyl groups excluding tert-OH is 1. The van der Waals surface area contributed by atoms with Crippen molar-refractivity contribution in [3.05, 3.63) is 70.8 Å². The van der Waals surface area contributed by atoms with Crippen molar-refractivity contribution in [3.63, 3.8) is 0 Å². The summed E-state index contributed by atoms with van der Waals surface area (Å²) in [7, 11) is 3.07. The van der Waals surface area contributed by atoms with E-state index in [0.717, 1.165) is 12.2 Å². The van der Waals surface area contributed by atoms with Crippen LogP contribution in [0.15, 0.2) is 48.5 Å². The quantitative estimate of drug-likeness (QED) is 0.101.